The molecule has 5 nitrogen and oxygen atoms in total. The standard InChI is InChI=1S/C19H28ClN5.HI/c1-13(11-18-14(2)24-25(5)15(18)3)23-19(21-4)22-10-9-16-7-6-8-17(20)12-16;/h6-8,12-13H,9-11H2,1-5H3,(H2,21,22,23);1H. The smallest absolute Gasteiger partial charge is 0.191 e. The van der Waals surface area contributed by atoms with Gasteiger partial charge in [-0.2, -0.15) is 5.10 Å². The lowest BCUT2D eigenvalue weighted by molar-refractivity contribution is 0.635. The van der Waals surface area contributed by atoms with Gasteiger partial charge in [0.05, 0.1) is 5.69 Å². The highest BCUT2D eigenvalue weighted by Crippen LogP contribution is 2.14. The number of benzene rings is 1. The first-order valence-corrected chi connectivity index (χ1v) is 8.99. The van der Waals surface area contributed by atoms with Crippen molar-refractivity contribution in [3.05, 3.63) is 51.8 Å². The molecule has 1 aromatic heterocycles. The molecule has 0 spiro atoms. The van der Waals surface area contributed by atoms with Crippen LogP contribution < -0.4 is 10.6 Å². The van der Waals surface area contributed by atoms with E-state index in [0.717, 1.165) is 36.1 Å². The lowest BCUT2D eigenvalue weighted by atomic mass is 10.1. The lowest BCUT2D eigenvalue weighted by Gasteiger charge is -2.18. The van der Waals surface area contributed by atoms with Gasteiger partial charge in [-0.25, -0.2) is 0 Å². The average molecular weight is 490 g/mol. The molecule has 0 radical (unpaired) electrons. The number of aliphatic imine (C=N–C) groups is 1. The highest BCUT2D eigenvalue weighted by Gasteiger charge is 2.13. The summed E-state index contributed by atoms with van der Waals surface area (Å²) in [4.78, 5) is 4.32. The number of rotatable bonds is 6. The van der Waals surface area contributed by atoms with Gasteiger partial charge in [0.2, 0.25) is 0 Å². The van der Waals surface area contributed by atoms with Gasteiger partial charge in [-0.05, 0) is 56.9 Å². The zero-order valence-corrected chi connectivity index (χ0v) is 19.2. The summed E-state index contributed by atoms with van der Waals surface area (Å²) in [5, 5.41) is 12.1. The number of nitrogens with zero attached hydrogens (tertiary/aromatic N) is 3. The maximum atomic E-state index is 6.02. The Kier molecular flexibility index (Phi) is 9.43. The van der Waals surface area contributed by atoms with Gasteiger partial charge < -0.3 is 10.6 Å². The van der Waals surface area contributed by atoms with Crippen molar-refractivity contribution in [2.45, 2.75) is 39.7 Å². The van der Waals surface area contributed by atoms with Crippen molar-refractivity contribution in [2.24, 2.45) is 12.0 Å². The minimum atomic E-state index is 0. The van der Waals surface area contributed by atoms with E-state index in [-0.39, 0.29) is 30.0 Å². The molecule has 2 N–H and O–H groups in total. The summed E-state index contributed by atoms with van der Waals surface area (Å²) in [7, 11) is 3.78. The molecule has 1 unspecified atom stereocenters. The fourth-order valence-corrected chi connectivity index (χ4v) is 3.13. The lowest BCUT2D eigenvalue weighted by Crippen LogP contribution is -2.43. The van der Waals surface area contributed by atoms with Gasteiger partial charge >= 0.3 is 0 Å². The molecule has 0 fully saturated rings. The third kappa shape index (κ3) is 6.46. The van der Waals surface area contributed by atoms with Gasteiger partial charge in [0.1, 0.15) is 0 Å². The third-order valence-electron chi connectivity index (χ3n) is 4.37. The predicted molar refractivity (Wildman–Crippen MR) is 121 cm³/mol. The van der Waals surface area contributed by atoms with E-state index in [2.05, 4.69) is 47.6 Å². The van der Waals surface area contributed by atoms with Crippen LogP contribution in [0.3, 0.4) is 0 Å². The summed E-state index contributed by atoms with van der Waals surface area (Å²) in [5.41, 5.74) is 4.83. The summed E-state index contributed by atoms with van der Waals surface area (Å²) in [5.74, 6) is 0.814. The molecular weight excluding hydrogens is 461 g/mol. The van der Waals surface area contributed by atoms with E-state index in [0.29, 0.717) is 0 Å². The van der Waals surface area contributed by atoms with Crippen LogP contribution in [0.15, 0.2) is 29.3 Å². The van der Waals surface area contributed by atoms with Crippen molar-refractivity contribution in [2.75, 3.05) is 13.6 Å². The van der Waals surface area contributed by atoms with Gasteiger partial charge in [-0.1, -0.05) is 23.7 Å². The summed E-state index contributed by atoms with van der Waals surface area (Å²) in [6.45, 7) is 7.14. The maximum absolute atomic E-state index is 6.02. The molecule has 0 aliphatic heterocycles. The highest BCUT2D eigenvalue weighted by atomic mass is 127. The Morgan fingerprint density at radius 1 is 1.35 bits per heavy atom. The second kappa shape index (κ2) is 10.8. The molecule has 0 amide bonds. The van der Waals surface area contributed by atoms with E-state index < -0.39 is 0 Å². The first-order valence-electron chi connectivity index (χ1n) is 8.61. The van der Waals surface area contributed by atoms with Crippen molar-refractivity contribution >= 4 is 41.5 Å². The molecule has 0 saturated carbocycles. The molecule has 2 rings (SSSR count). The van der Waals surface area contributed by atoms with E-state index in [1.807, 2.05) is 29.9 Å². The summed E-state index contributed by atoms with van der Waals surface area (Å²) >= 11 is 6.02. The largest absolute Gasteiger partial charge is 0.356 e. The second-order valence-corrected chi connectivity index (χ2v) is 6.84. The van der Waals surface area contributed by atoms with Gasteiger partial charge in [0.25, 0.3) is 0 Å². The van der Waals surface area contributed by atoms with E-state index in [4.69, 9.17) is 11.6 Å². The topological polar surface area (TPSA) is 54.2 Å². The van der Waals surface area contributed by atoms with Crippen LogP contribution in [0.2, 0.25) is 5.02 Å². The molecule has 0 bridgehead atoms. The summed E-state index contributed by atoms with van der Waals surface area (Å²) in [6.07, 6.45) is 1.82. The minimum Gasteiger partial charge on any atom is -0.356 e. The zero-order valence-electron chi connectivity index (χ0n) is 16.1. The number of aryl methyl sites for hydroxylation is 2. The van der Waals surface area contributed by atoms with Crippen LogP contribution in [0.4, 0.5) is 0 Å². The molecular formula is C19H29ClIN5. The first-order chi connectivity index (χ1) is 11.9. The second-order valence-electron chi connectivity index (χ2n) is 6.40. The highest BCUT2D eigenvalue weighted by molar-refractivity contribution is 14.0. The Balaban J connectivity index is 0.00000338. The van der Waals surface area contributed by atoms with E-state index >= 15 is 0 Å². The van der Waals surface area contributed by atoms with E-state index in [1.165, 1.54) is 16.8 Å². The molecule has 1 aromatic carbocycles. The molecule has 1 atom stereocenters. The zero-order chi connectivity index (χ0) is 18.4. The van der Waals surface area contributed by atoms with Gasteiger partial charge in [-0.3, -0.25) is 9.67 Å². The van der Waals surface area contributed by atoms with E-state index in [1.54, 1.807) is 7.05 Å². The molecule has 0 aliphatic rings. The van der Waals surface area contributed by atoms with Crippen LogP contribution in [0.1, 0.15) is 29.4 Å². The first kappa shape index (κ1) is 22.8. The monoisotopic (exact) mass is 489 g/mol. The van der Waals surface area contributed by atoms with Crippen molar-refractivity contribution in [1.29, 1.82) is 0 Å². The van der Waals surface area contributed by atoms with Crippen LogP contribution in [0.25, 0.3) is 0 Å². The van der Waals surface area contributed by atoms with Crippen LogP contribution >= 0.6 is 35.6 Å². The average Bonchev–Trinajstić information content (AvgIpc) is 2.80. The molecule has 7 heteroatoms. The fourth-order valence-electron chi connectivity index (χ4n) is 2.92. The van der Waals surface area contributed by atoms with Gasteiger partial charge in [-0.15, -0.1) is 24.0 Å². The number of aromatic nitrogens is 2. The molecule has 26 heavy (non-hydrogen) atoms. The van der Waals surface area contributed by atoms with Gasteiger partial charge in [0.15, 0.2) is 5.96 Å². The molecule has 144 valence electrons. The molecule has 1 heterocycles. The Hall–Kier alpha value is -1.28. The Morgan fingerprint density at radius 3 is 2.65 bits per heavy atom. The SMILES string of the molecule is CN=C(NCCc1cccc(Cl)c1)NC(C)Cc1c(C)nn(C)c1C.I. The van der Waals surface area contributed by atoms with Crippen molar-refractivity contribution < 1.29 is 0 Å². The van der Waals surface area contributed by atoms with Crippen molar-refractivity contribution in [3.8, 4) is 0 Å². The minimum absolute atomic E-state index is 0. The van der Waals surface area contributed by atoms with E-state index in [9.17, 15) is 0 Å². The Bertz CT molecular complexity index is 742. The normalized spacial score (nSPS) is 12.5. The van der Waals surface area contributed by atoms with Crippen molar-refractivity contribution in [1.82, 2.24) is 20.4 Å². The quantitative estimate of drug-likeness (QED) is 0.370. The maximum Gasteiger partial charge on any atom is 0.191 e. The molecule has 0 saturated heterocycles. The Morgan fingerprint density at radius 2 is 2.08 bits per heavy atom. The van der Waals surface area contributed by atoms with Crippen LogP contribution in [-0.2, 0) is 19.9 Å². The molecule has 2 aromatic rings. The summed E-state index contributed by atoms with van der Waals surface area (Å²) < 4.78 is 1.94. The number of guanidine groups is 1. The number of hydrogen-bond acceptors (Lipinski definition) is 2. The predicted octanol–water partition coefficient (Wildman–Crippen LogP) is 3.65. The van der Waals surface area contributed by atoms with Crippen LogP contribution in [0, 0.1) is 13.8 Å². The molecule has 0 aliphatic carbocycles. The van der Waals surface area contributed by atoms with Crippen molar-refractivity contribution in [3.63, 3.8) is 0 Å². The fraction of sp³-hybridized carbons (Fsp3) is 0.474. The van der Waals surface area contributed by atoms with Gasteiger partial charge in [0, 0.05) is 37.4 Å². The van der Waals surface area contributed by atoms with Crippen LogP contribution in [-0.4, -0.2) is 35.4 Å². The Labute approximate surface area is 178 Å². The number of hydrogen-bond donors (Lipinski definition) is 2. The summed E-state index contributed by atoms with van der Waals surface area (Å²) in [6, 6.07) is 8.21. The third-order valence-corrected chi connectivity index (χ3v) is 4.61. The number of halogens is 2. The van der Waals surface area contributed by atoms with Crippen LogP contribution in [0.5, 0.6) is 0 Å². The number of nitrogens with one attached hydrogen (secondary N) is 2.